The summed E-state index contributed by atoms with van der Waals surface area (Å²) in [6, 6.07) is 6.08. The average molecular weight is 288 g/mol. The van der Waals surface area contributed by atoms with Gasteiger partial charge >= 0.3 is 0 Å². The van der Waals surface area contributed by atoms with Crippen molar-refractivity contribution in [2.75, 3.05) is 18.0 Å². The number of hydrogen-bond acceptors (Lipinski definition) is 2. The zero-order valence-electron chi connectivity index (χ0n) is 13.3. The number of anilines is 1. The van der Waals surface area contributed by atoms with Gasteiger partial charge in [0.25, 0.3) is 0 Å². The molecule has 1 unspecified atom stereocenters. The summed E-state index contributed by atoms with van der Waals surface area (Å²) in [6.07, 6.45) is 0.302. The van der Waals surface area contributed by atoms with Crippen molar-refractivity contribution in [2.45, 2.75) is 34.1 Å². The Morgan fingerprint density at radius 1 is 1.29 bits per heavy atom. The number of benzene rings is 1. The fourth-order valence-electron chi connectivity index (χ4n) is 2.69. The first-order chi connectivity index (χ1) is 9.86. The molecule has 4 heteroatoms. The first-order valence-electron chi connectivity index (χ1n) is 7.53. The first-order valence-corrected chi connectivity index (χ1v) is 7.53. The summed E-state index contributed by atoms with van der Waals surface area (Å²) in [5.74, 6) is 0.201. The summed E-state index contributed by atoms with van der Waals surface area (Å²) in [5, 5.41) is 2.92. The molecule has 4 nitrogen and oxygen atoms in total. The van der Waals surface area contributed by atoms with Crippen LogP contribution >= 0.6 is 0 Å². The SMILES string of the molecule is Cc1cc(C)cc(N2CC(C(=O)NCC(C)C)CC2=O)c1. The Morgan fingerprint density at radius 3 is 2.48 bits per heavy atom. The molecule has 0 aliphatic carbocycles. The second-order valence-corrected chi connectivity index (χ2v) is 6.39. The van der Waals surface area contributed by atoms with Crippen LogP contribution in [-0.2, 0) is 9.59 Å². The van der Waals surface area contributed by atoms with Gasteiger partial charge in [0.2, 0.25) is 11.8 Å². The molecule has 114 valence electrons. The van der Waals surface area contributed by atoms with Crippen LogP contribution in [0.4, 0.5) is 5.69 Å². The summed E-state index contributed by atoms with van der Waals surface area (Å²) in [6.45, 7) is 9.29. The van der Waals surface area contributed by atoms with E-state index in [0.717, 1.165) is 16.8 Å². The third kappa shape index (κ3) is 3.84. The highest BCUT2D eigenvalue weighted by Gasteiger charge is 2.35. The summed E-state index contributed by atoms with van der Waals surface area (Å²) in [5.41, 5.74) is 3.16. The minimum Gasteiger partial charge on any atom is -0.356 e. The van der Waals surface area contributed by atoms with Gasteiger partial charge in [0.1, 0.15) is 0 Å². The third-order valence-electron chi connectivity index (χ3n) is 3.70. The highest BCUT2D eigenvalue weighted by Crippen LogP contribution is 2.27. The van der Waals surface area contributed by atoms with E-state index in [0.29, 0.717) is 25.4 Å². The van der Waals surface area contributed by atoms with E-state index in [1.165, 1.54) is 0 Å². The van der Waals surface area contributed by atoms with Crippen LogP contribution < -0.4 is 10.2 Å². The van der Waals surface area contributed by atoms with Crippen LogP contribution in [0.3, 0.4) is 0 Å². The molecule has 1 fully saturated rings. The average Bonchev–Trinajstić information content (AvgIpc) is 2.77. The fourth-order valence-corrected chi connectivity index (χ4v) is 2.69. The van der Waals surface area contributed by atoms with Crippen LogP contribution in [0, 0.1) is 25.7 Å². The van der Waals surface area contributed by atoms with Crippen LogP contribution in [0.1, 0.15) is 31.4 Å². The molecule has 1 heterocycles. The zero-order chi connectivity index (χ0) is 15.6. The second kappa shape index (κ2) is 6.29. The van der Waals surface area contributed by atoms with Crippen molar-refractivity contribution >= 4 is 17.5 Å². The van der Waals surface area contributed by atoms with Crippen molar-refractivity contribution in [3.05, 3.63) is 29.3 Å². The molecule has 1 saturated heterocycles. The van der Waals surface area contributed by atoms with Crippen LogP contribution in [0.2, 0.25) is 0 Å². The lowest BCUT2D eigenvalue weighted by atomic mass is 10.1. The predicted octanol–water partition coefficient (Wildman–Crippen LogP) is 2.43. The second-order valence-electron chi connectivity index (χ2n) is 6.39. The number of carbonyl (C=O) groups excluding carboxylic acids is 2. The van der Waals surface area contributed by atoms with Gasteiger partial charge in [0.15, 0.2) is 0 Å². The van der Waals surface area contributed by atoms with Gasteiger partial charge in [0, 0.05) is 25.2 Å². The van der Waals surface area contributed by atoms with Gasteiger partial charge in [-0.2, -0.15) is 0 Å². The maximum atomic E-state index is 12.2. The highest BCUT2D eigenvalue weighted by atomic mass is 16.2. The molecule has 0 bridgehead atoms. The van der Waals surface area contributed by atoms with Gasteiger partial charge < -0.3 is 10.2 Å². The molecule has 0 spiro atoms. The number of hydrogen-bond donors (Lipinski definition) is 1. The van der Waals surface area contributed by atoms with Crippen LogP contribution in [-0.4, -0.2) is 24.9 Å². The molecule has 1 aliphatic heterocycles. The number of aryl methyl sites for hydroxylation is 2. The van der Waals surface area contributed by atoms with E-state index in [-0.39, 0.29) is 17.7 Å². The molecule has 0 radical (unpaired) electrons. The van der Waals surface area contributed by atoms with Gasteiger partial charge in [-0.25, -0.2) is 0 Å². The number of nitrogens with one attached hydrogen (secondary N) is 1. The quantitative estimate of drug-likeness (QED) is 0.925. The summed E-state index contributed by atoms with van der Waals surface area (Å²) in [4.78, 5) is 26.0. The van der Waals surface area contributed by atoms with Crippen molar-refractivity contribution in [2.24, 2.45) is 11.8 Å². The maximum Gasteiger partial charge on any atom is 0.227 e. The number of nitrogens with zero attached hydrogens (tertiary/aromatic N) is 1. The molecule has 0 aromatic heterocycles. The Bertz CT molecular complexity index is 531. The topological polar surface area (TPSA) is 49.4 Å². The van der Waals surface area contributed by atoms with Crippen LogP contribution in [0.25, 0.3) is 0 Å². The van der Waals surface area contributed by atoms with Gasteiger partial charge in [-0.3, -0.25) is 9.59 Å². The maximum absolute atomic E-state index is 12.2. The molecule has 1 aromatic rings. The Labute approximate surface area is 126 Å². The lowest BCUT2D eigenvalue weighted by molar-refractivity contribution is -0.126. The highest BCUT2D eigenvalue weighted by molar-refractivity contribution is 6.00. The molecule has 0 saturated carbocycles. The van der Waals surface area contributed by atoms with E-state index < -0.39 is 0 Å². The number of rotatable bonds is 4. The summed E-state index contributed by atoms with van der Waals surface area (Å²) >= 11 is 0. The van der Waals surface area contributed by atoms with Crippen molar-refractivity contribution < 1.29 is 9.59 Å². The third-order valence-corrected chi connectivity index (χ3v) is 3.70. The van der Waals surface area contributed by atoms with Gasteiger partial charge in [-0.1, -0.05) is 19.9 Å². The molecule has 2 rings (SSSR count). The van der Waals surface area contributed by atoms with Crippen LogP contribution in [0.5, 0.6) is 0 Å². The molecule has 1 aromatic carbocycles. The van der Waals surface area contributed by atoms with Crippen molar-refractivity contribution in [1.29, 1.82) is 0 Å². The Morgan fingerprint density at radius 2 is 1.90 bits per heavy atom. The molecular formula is C17H24N2O2. The van der Waals surface area contributed by atoms with E-state index in [9.17, 15) is 9.59 Å². The Balaban J connectivity index is 2.07. The Kier molecular flexibility index (Phi) is 4.66. The predicted molar refractivity (Wildman–Crippen MR) is 84.2 cm³/mol. The lowest BCUT2D eigenvalue weighted by Crippen LogP contribution is -2.35. The molecule has 1 N–H and O–H groups in total. The molecular weight excluding hydrogens is 264 g/mol. The van der Waals surface area contributed by atoms with E-state index >= 15 is 0 Å². The number of amides is 2. The summed E-state index contributed by atoms with van der Waals surface area (Å²) < 4.78 is 0. The van der Waals surface area contributed by atoms with E-state index in [1.807, 2.05) is 26.0 Å². The lowest BCUT2D eigenvalue weighted by Gasteiger charge is -2.18. The van der Waals surface area contributed by atoms with Gasteiger partial charge in [-0.05, 0) is 43.0 Å². The van der Waals surface area contributed by atoms with Crippen LogP contribution in [0.15, 0.2) is 18.2 Å². The van der Waals surface area contributed by atoms with Crippen molar-refractivity contribution in [3.8, 4) is 0 Å². The normalized spacial score (nSPS) is 18.4. The smallest absolute Gasteiger partial charge is 0.227 e. The fraction of sp³-hybridized carbons (Fsp3) is 0.529. The molecule has 1 aliphatic rings. The summed E-state index contributed by atoms with van der Waals surface area (Å²) in [7, 11) is 0. The van der Waals surface area contributed by atoms with Gasteiger partial charge in [0.05, 0.1) is 5.92 Å². The monoisotopic (exact) mass is 288 g/mol. The van der Waals surface area contributed by atoms with Gasteiger partial charge in [-0.15, -0.1) is 0 Å². The molecule has 1 atom stereocenters. The van der Waals surface area contributed by atoms with Crippen molar-refractivity contribution in [3.63, 3.8) is 0 Å². The minimum absolute atomic E-state index is 0.0103. The Hall–Kier alpha value is -1.84. The van der Waals surface area contributed by atoms with E-state index in [2.05, 4.69) is 25.2 Å². The molecule has 21 heavy (non-hydrogen) atoms. The van der Waals surface area contributed by atoms with E-state index in [1.54, 1.807) is 4.90 Å². The number of carbonyl (C=O) groups is 2. The van der Waals surface area contributed by atoms with E-state index in [4.69, 9.17) is 0 Å². The molecule has 2 amide bonds. The standard InChI is InChI=1S/C17H24N2O2/c1-11(2)9-18-17(21)14-8-16(20)19(10-14)15-6-12(3)5-13(4)7-15/h5-7,11,14H,8-10H2,1-4H3,(H,18,21). The minimum atomic E-state index is -0.239. The zero-order valence-corrected chi connectivity index (χ0v) is 13.3. The first kappa shape index (κ1) is 15.5. The largest absolute Gasteiger partial charge is 0.356 e. The van der Waals surface area contributed by atoms with Crippen molar-refractivity contribution in [1.82, 2.24) is 5.32 Å².